The Kier molecular flexibility index (Phi) is 16.8. The van der Waals surface area contributed by atoms with Crippen molar-refractivity contribution in [3.05, 3.63) is 112 Å². The highest BCUT2D eigenvalue weighted by Crippen LogP contribution is 2.54. The number of H-pyrrole nitrogens is 1. The fourth-order valence-electron chi connectivity index (χ4n) is 12.9. The number of halogens is 1. The maximum atomic E-state index is 16.2. The summed E-state index contributed by atoms with van der Waals surface area (Å²) < 4.78 is 71.2. The number of aryl methyl sites for hydroxylation is 1. The van der Waals surface area contributed by atoms with Crippen LogP contribution in [-0.2, 0) is 39.1 Å². The molecule has 4 aromatic heterocycles. The number of hydrogen-bond donors (Lipinski definition) is 7. The molecule has 2 bridgehead atoms. The van der Waals surface area contributed by atoms with E-state index in [2.05, 4.69) is 47.1 Å². The monoisotopic (exact) mass is 1280 g/mol. The quantitative estimate of drug-likeness (QED) is 0.0334. The maximum Gasteiger partial charge on any atom is 0.469 e. The number of hydrogen-bond acceptors (Lipinski definition) is 18. The minimum atomic E-state index is -5.12. The summed E-state index contributed by atoms with van der Waals surface area (Å²) in [6.45, 7) is 8.93. The van der Waals surface area contributed by atoms with Crippen molar-refractivity contribution >= 4 is 66.4 Å². The molecule has 4 aliphatic heterocycles. The van der Waals surface area contributed by atoms with Crippen LogP contribution in [0.15, 0.2) is 78.6 Å². The van der Waals surface area contributed by atoms with Crippen LogP contribution in [0.4, 0.5) is 10.2 Å². The molecule has 4 saturated heterocycles. The van der Waals surface area contributed by atoms with E-state index in [9.17, 15) is 38.3 Å². The summed E-state index contributed by atoms with van der Waals surface area (Å²) in [4.78, 5) is 87.7. The van der Waals surface area contributed by atoms with E-state index in [0.717, 1.165) is 81.8 Å². The van der Waals surface area contributed by atoms with E-state index in [1.54, 1.807) is 62.9 Å². The van der Waals surface area contributed by atoms with Crippen molar-refractivity contribution in [2.75, 3.05) is 44.4 Å². The molecule has 4 aromatic carbocycles. The Hall–Kier alpha value is -7.13. The molecular weight excluding hydrogens is 1210 g/mol. The van der Waals surface area contributed by atoms with Gasteiger partial charge < -0.3 is 54.2 Å². The normalized spacial score (nSPS) is 20.5. The average molecular weight is 1280 g/mol. The van der Waals surface area contributed by atoms with Crippen LogP contribution in [0, 0.1) is 25.6 Å². The standard InChI is InChI=1S/C60H67FN12O13P2S/c1-31(2)54(59(75)72-26-42(86-88(79,80)81)20-50(72)58(74)65-49(29-84-87(76,77)78)37-11-13-38(14-12-37)56-33(4)63-30-89-56)73-27-48(69-70-73)36-7-5-34(6-8-36)28-83-55-52(51-32(3)46(61)22-47-45(51)24-64-68-47)43(35-9-10-35)21-44-53(55)66-60(85-41-15-17-82-18-16-41)67-57(44)71-25-39-19-40(71)23-62-39/h5-8,11-14,21-22,24,27,30-31,35,39-42,49-50,54,62H,9-10,15-20,23,25-26,28-29H2,1-4H3,(H,64,68)(H,65,74)(H2,76,77,78)(H2,79,80,81)/t39-,40-,42+,49-,50-,54-/m0/s1. The first-order chi connectivity index (χ1) is 42.7. The number of aromatic amines is 1. The Morgan fingerprint density at radius 3 is 2.35 bits per heavy atom. The van der Waals surface area contributed by atoms with Crippen molar-refractivity contribution in [2.45, 2.75) is 121 Å². The molecule has 1 saturated carbocycles. The van der Waals surface area contributed by atoms with Gasteiger partial charge in [-0.2, -0.15) is 15.1 Å². The van der Waals surface area contributed by atoms with Crippen LogP contribution in [-0.4, -0.2) is 146 Å². The summed E-state index contributed by atoms with van der Waals surface area (Å²) in [5.74, 6) is -0.864. The first kappa shape index (κ1) is 60.8. The number of rotatable bonds is 21. The second-order valence-electron chi connectivity index (χ2n) is 23.9. The van der Waals surface area contributed by atoms with Gasteiger partial charge in [0.15, 0.2) is 5.75 Å². The predicted octanol–water partition coefficient (Wildman–Crippen LogP) is 8.12. The molecule has 5 fully saturated rings. The van der Waals surface area contributed by atoms with Crippen LogP contribution in [0.3, 0.4) is 0 Å². The maximum absolute atomic E-state index is 16.2. The summed E-state index contributed by atoms with van der Waals surface area (Å²) in [7, 11) is -10.2. The molecule has 0 radical (unpaired) electrons. The number of aromatic nitrogens is 8. The zero-order chi connectivity index (χ0) is 62.0. The first-order valence-electron chi connectivity index (χ1n) is 29.6. The highest BCUT2D eigenvalue weighted by Gasteiger charge is 2.46. The Labute approximate surface area is 514 Å². The molecule has 468 valence electrons. The van der Waals surface area contributed by atoms with Gasteiger partial charge in [0.25, 0.3) is 0 Å². The lowest BCUT2D eigenvalue weighted by atomic mass is 9.88. The molecule has 6 atom stereocenters. The number of nitrogens with zero attached hydrogens (tertiary/aromatic N) is 9. The number of carbonyl (C=O) groups excluding carboxylic acids is 2. The van der Waals surface area contributed by atoms with E-state index in [0.29, 0.717) is 76.8 Å². The summed E-state index contributed by atoms with van der Waals surface area (Å²) in [5, 5.41) is 24.2. The number of thiazole rings is 1. The Bertz CT molecular complexity index is 4080. The van der Waals surface area contributed by atoms with E-state index in [-0.39, 0.29) is 42.9 Å². The van der Waals surface area contributed by atoms with Gasteiger partial charge in [-0.1, -0.05) is 67.6 Å². The van der Waals surface area contributed by atoms with Crippen LogP contribution < -0.4 is 25.0 Å². The van der Waals surface area contributed by atoms with Crippen molar-refractivity contribution in [1.29, 1.82) is 0 Å². The zero-order valence-corrected chi connectivity index (χ0v) is 51.7. The highest BCUT2D eigenvalue weighted by atomic mass is 32.1. The van der Waals surface area contributed by atoms with Gasteiger partial charge in [0.05, 0.1) is 66.0 Å². The van der Waals surface area contributed by atoms with Gasteiger partial charge in [-0.3, -0.25) is 23.7 Å². The Morgan fingerprint density at radius 2 is 1.67 bits per heavy atom. The smallest absolute Gasteiger partial charge is 0.469 e. The van der Waals surface area contributed by atoms with Crippen molar-refractivity contribution < 1.29 is 65.9 Å². The van der Waals surface area contributed by atoms with Crippen molar-refractivity contribution in [3.63, 3.8) is 0 Å². The van der Waals surface area contributed by atoms with Gasteiger partial charge in [0, 0.05) is 78.4 Å². The van der Waals surface area contributed by atoms with Crippen LogP contribution in [0.1, 0.15) is 98.3 Å². The molecule has 1 aliphatic carbocycles. The van der Waals surface area contributed by atoms with Crippen LogP contribution in [0.5, 0.6) is 11.8 Å². The summed E-state index contributed by atoms with van der Waals surface area (Å²) in [5.41, 5.74) is 9.53. The van der Waals surface area contributed by atoms with Gasteiger partial charge in [0.2, 0.25) is 11.8 Å². The van der Waals surface area contributed by atoms with Gasteiger partial charge in [-0.15, -0.1) is 16.4 Å². The third kappa shape index (κ3) is 12.8. The number of phosphoric ester groups is 2. The molecule has 29 heteroatoms. The van der Waals surface area contributed by atoms with Gasteiger partial charge >= 0.3 is 21.7 Å². The molecule has 8 aromatic rings. The van der Waals surface area contributed by atoms with Crippen LogP contribution >= 0.6 is 27.0 Å². The molecule has 25 nitrogen and oxygen atoms in total. The number of anilines is 1. The number of benzene rings is 4. The van der Waals surface area contributed by atoms with Crippen molar-refractivity contribution in [1.82, 2.24) is 55.7 Å². The number of phosphoric acid groups is 2. The van der Waals surface area contributed by atoms with Crippen LogP contribution in [0.25, 0.3) is 54.6 Å². The second-order valence-corrected chi connectivity index (χ2v) is 27.2. The lowest BCUT2D eigenvalue weighted by Gasteiger charge is -2.31. The van der Waals surface area contributed by atoms with E-state index < -0.39 is 70.8 Å². The Morgan fingerprint density at radius 1 is 0.910 bits per heavy atom. The molecule has 7 N–H and O–H groups in total. The van der Waals surface area contributed by atoms with Gasteiger partial charge in [0.1, 0.15) is 47.6 Å². The number of piperazine rings is 1. The van der Waals surface area contributed by atoms with Crippen molar-refractivity contribution in [3.8, 4) is 44.6 Å². The van der Waals surface area contributed by atoms with E-state index >= 15 is 4.39 Å². The molecule has 13 rings (SSSR count). The van der Waals surface area contributed by atoms with Crippen LogP contribution in [0.2, 0.25) is 0 Å². The molecule has 8 heterocycles. The van der Waals surface area contributed by atoms with Crippen molar-refractivity contribution in [2.24, 2.45) is 5.92 Å². The van der Waals surface area contributed by atoms with E-state index in [1.807, 2.05) is 31.2 Å². The number of amides is 2. The number of fused-ring (bicyclic) bond motifs is 4. The number of carbonyl (C=O) groups is 2. The average Bonchev–Trinajstić information content (AvgIpc) is 1.72. The second kappa shape index (κ2) is 24.6. The molecule has 0 unspecified atom stereocenters. The Balaban J connectivity index is 0.794. The molecule has 89 heavy (non-hydrogen) atoms. The lowest BCUT2D eigenvalue weighted by Crippen LogP contribution is -2.50. The number of nitrogens with one attached hydrogen (secondary N) is 3. The lowest BCUT2D eigenvalue weighted by molar-refractivity contribution is -0.142. The fraction of sp³-hybridized carbons (Fsp3) is 0.433. The third-order valence-electron chi connectivity index (χ3n) is 17.4. The molecule has 0 spiro atoms. The van der Waals surface area contributed by atoms with Gasteiger partial charge in [-0.25, -0.2) is 23.2 Å². The largest absolute Gasteiger partial charge is 0.486 e. The number of likely N-dealkylation sites (tertiary alicyclic amines) is 1. The molecule has 2 amide bonds. The van der Waals surface area contributed by atoms with Gasteiger partial charge in [-0.05, 0) is 84.9 Å². The minimum Gasteiger partial charge on any atom is -0.486 e. The minimum absolute atomic E-state index is 0.0676. The summed E-state index contributed by atoms with van der Waals surface area (Å²) >= 11 is 1.43. The SMILES string of the molecule is Cc1ncsc1-c1ccc([C@H](COP(=O)(O)O)NC(=O)[C@@H]2C[C@@H](OP(=O)(O)O)CN2C(=O)[C@H](C(C)C)n2cc(-c3ccc(COc4c(-c5c(C)c(F)cc6[nH]ncc56)c(C5CC5)cc5c(N6C[C@@H]7C[C@H]6CN7)nc(OC6CCOCC6)nc45)cc3)nn2)cc1. The fourth-order valence-corrected chi connectivity index (χ4v) is 14.6. The topological polar surface area (TPSA) is 324 Å². The van der Waals surface area contributed by atoms with E-state index in [1.165, 1.54) is 27.0 Å². The van der Waals surface area contributed by atoms with E-state index in [4.69, 9.17) is 33.2 Å². The summed E-state index contributed by atoms with van der Waals surface area (Å²) in [6.07, 6.45) is 5.80. The molecular formula is C60H67FN12O13P2S. The molecule has 5 aliphatic rings. The number of ether oxygens (including phenoxy) is 3. The first-order valence-corrected chi connectivity index (χ1v) is 33.6. The third-order valence-corrected chi connectivity index (χ3v) is 19.4. The highest BCUT2D eigenvalue weighted by molar-refractivity contribution is 7.46. The zero-order valence-electron chi connectivity index (χ0n) is 49.1. The summed E-state index contributed by atoms with van der Waals surface area (Å²) in [6, 6.07) is 15.2. The predicted molar refractivity (Wildman–Crippen MR) is 325 cm³/mol.